The van der Waals surface area contributed by atoms with Crippen molar-refractivity contribution in [1.29, 1.82) is 0 Å². The quantitative estimate of drug-likeness (QED) is 0.257. The number of hydrogen-bond acceptors (Lipinski definition) is 1. The summed E-state index contributed by atoms with van der Waals surface area (Å²) in [4.78, 5) is 10.8. The summed E-state index contributed by atoms with van der Waals surface area (Å²) in [6.07, 6.45) is 18.8. The summed E-state index contributed by atoms with van der Waals surface area (Å²) in [6.45, 7) is 8.51. The number of hydrogen-bond donors (Lipinski definition) is 1. The number of carbonyl (C=O) groups is 1. The molecule has 0 unspecified atom stereocenters. The second-order valence-corrected chi connectivity index (χ2v) is 7.69. The summed E-state index contributed by atoms with van der Waals surface area (Å²) in [5.74, 6) is -0.828. The molecule has 0 aromatic rings. The Morgan fingerprint density at radius 1 is 0.826 bits per heavy atom. The number of rotatable bonds is 15. The van der Waals surface area contributed by atoms with E-state index in [2.05, 4.69) is 20.8 Å². The first-order chi connectivity index (χ1) is 10.9. The maximum absolute atomic E-state index is 10.8. The summed E-state index contributed by atoms with van der Waals surface area (Å²) < 4.78 is 0. The molecular weight excluding hydrogens is 284 g/mol. The van der Waals surface area contributed by atoms with Crippen LogP contribution in [0, 0.1) is 5.41 Å². The summed E-state index contributed by atoms with van der Waals surface area (Å²) in [7, 11) is 0. The largest absolute Gasteiger partial charge is 0.478 e. The van der Waals surface area contributed by atoms with Crippen LogP contribution in [0.1, 0.15) is 111 Å². The van der Waals surface area contributed by atoms with E-state index in [1.54, 1.807) is 0 Å². The van der Waals surface area contributed by atoms with Gasteiger partial charge in [0, 0.05) is 6.08 Å². The van der Waals surface area contributed by atoms with Crippen molar-refractivity contribution in [2.24, 2.45) is 5.41 Å². The van der Waals surface area contributed by atoms with Crippen LogP contribution in [0.3, 0.4) is 0 Å². The fraction of sp³-hybridized carbons (Fsp3) is 0.857. The van der Waals surface area contributed by atoms with Gasteiger partial charge in [0.1, 0.15) is 0 Å². The molecule has 0 aromatic heterocycles. The molecule has 2 heteroatoms. The number of unbranched alkanes of at least 4 members (excludes halogenated alkanes) is 11. The van der Waals surface area contributed by atoms with Gasteiger partial charge in [-0.3, -0.25) is 0 Å². The van der Waals surface area contributed by atoms with Crippen LogP contribution in [0.2, 0.25) is 0 Å². The zero-order chi connectivity index (χ0) is 17.6. The van der Waals surface area contributed by atoms with E-state index in [-0.39, 0.29) is 5.41 Å². The van der Waals surface area contributed by atoms with E-state index in [9.17, 15) is 4.79 Å². The summed E-state index contributed by atoms with van der Waals surface area (Å²) in [6, 6.07) is 0. The SMILES string of the molecule is CCCCCCCCCCCCCCC(C)(C)C(C)=CC(=O)O. The van der Waals surface area contributed by atoms with E-state index in [0.29, 0.717) is 0 Å². The fourth-order valence-corrected chi connectivity index (χ4v) is 2.99. The number of carboxylic acids is 1. The minimum atomic E-state index is -0.828. The zero-order valence-corrected chi connectivity index (χ0v) is 16.1. The standard InChI is InChI=1S/C21H40O2/c1-5-6-7-8-9-10-11-12-13-14-15-16-17-21(3,4)19(2)18-20(22)23/h18H,5-17H2,1-4H3,(H,22,23). The lowest BCUT2D eigenvalue weighted by atomic mass is 9.80. The molecule has 1 N–H and O–H groups in total. The van der Waals surface area contributed by atoms with Gasteiger partial charge >= 0.3 is 5.97 Å². The van der Waals surface area contributed by atoms with Crippen molar-refractivity contribution >= 4 is 5.97 Å². The number of carboxylic acid groups (broad SMARTS) is 1. The first-order valence-electron chi connectivity index (χ1n) is 9.82. The van der Waals surface area contributed by atoms with E-state index in [1.807, 2.05) is 6.92 Å². The summed E-state index contributed by atoms with van der Waals surface area (Å²) >= 11 is 0. The molecule has 0 aliphatic rings. The first kappa shape index (κ1) is 22.2. The molecule has 0 amide bonds. The minimum absolute atomic E-state index is 0.0108. The second-order valence-electron chi connectivity index (χ2n) is 7.69. The van der Waals surface area contributed by atoms with Crippen LogP contribution in [-0.4, -0.2) is 11.1 Å². The van der Waals surface area contributed by atoms with E-state index in [4.69, 9.17) is 5.11 Å². The smallest absolute Gasteiger partial charge is 0.328 e. The first-order valence-corrected chi connectivity index (χ1v) is 9.82. The molecule has 0 aromatic carbocycles. The van der Waals surface area contributed by atoms with Gasteiger partial charge in [-0.2, -0.15) is 0 Å². The molecule has 2 nitrogen and oxygen atoms in total. The third-order valence-corrected chi connectivity index (χ3v) is 5.06. The van der Waals surface area contributed by atoms with Crippen molar-refractivity contribution in [3.63, 3.8) is 0 Å². The molecule has 0 heterocycles. The molecule has 0 rings (SSSR count). The van der Waals surface area contributed by atoms with Gasteiger partial charge in [-0.25, -0.2) is 4.79 Å². The average Bonchev–Trinajstić information content (AvgIpc) is 2.47. The zero-order valence-electron chi connectivity index (χ0n) is 16.1. The Morgan fingerprint density at radius 3 is 1.61 bits per heavy atom. The number of aliphatic carboxylic acids is 1. The molecular formula is C21H40O2. The summed E-state index contributed by atoms with van der Waals surface area (Å²) in [5.41, 5.74) is 0.990. The Bertz CT molecular complexity index is 329. The Labute approximate surface area is 144 Å². The Hall–Kier alpha value is -0.790. The minimum Gasteiger partial charge on any atom is -0.478 e. The van der Waals surface area contributed by atoms with Crippen LogP contribution in [0.25, 0.3) is 0 Å². The fourth-order valence-electron chi connectivity index (χ4n) is 2.99. The Morgan fingerprint density at radius 2 is 1.22 bits per heavy atom. The third kappa shape index (κ3) is 13.4. The van der Waals surface area contributed by atoms with E-state index in [0.717, 1.165) is 12.0 Å². The molecule has 0 spiro atoms. The molecule has 0 bridgehead atoms. The van der Waals surface area contributed by atoms with Gasteiger partial charge in [-0.1, -0.05) is 103 Å². The van der Waals surface area contributed by atoms with Crippen molar-refractivity contribution in [3.8, 4) is 0 Å². The highest BCUT2D eigenvalue weighted by Crippen LogP contribution is 2.32. The van der Waals surface area contributed by atoms with Gasteiger partial charge in [0.2, 0.25) is 0 Å². The molecule has 0 saturated heterocycles. The van der Waals surface area contributed by atoms with Crippen LogP contribution in [-0.2, 0) is 4.79 Å². The molecule has 0 saturated carbocycles. The second kappa shape index (κ2) is 13.6. The predicted octanol–water partition coefficient (Wildman–Crippen LogP) is 7.13. The summed E-state index contributed by atoms with van der Waals surface area (Å²) in [5, 5.41) is 8.84. The maximum Gasteiger partial charge on any atom is 0.328 e. The van der Waals surface area contributed by atoms with Crippen LogP contribution in [0.15, 0.2) is 11.6 Å². The van der Waals surface area contributed by atoms with E-state index < -0.39 is 5.97 Å². The number of allylic oxidation sites excluding steroid dienone is 1. The predicted molar refractivity (Wildman–Crippen MR) is 101 cm³/mol. The average molecular weight is 325 g/mol. The molecule has 0 atom stereocenters. The van der Waals surface area contributed by atoms with Gasteiger partial charge in [-0.05, 0) is 18.8 Å². The highest BCUT2D eigenvalue weighted by atomic mass is 16.4. The van der Waals surface area contributed by atoms with Gasteiger partial charge in [0.25, 0.3) is 0 Å². The van der Waals surface area contributed by atoms with E-state index in [1.165, 1.54) is 83.1 Å². The molecule has 0 aliphatic heterocycles. The highest BCUT2D eigenvalue weighted by molar-refractivity contribution is 5.80. The lowest BCUT2D eigenvalue weighted by Crippen LogP contribution is -2.14. The molecule has 0 fully saturated rings. The van der Waals surface area contributed by atoms with Gasteiger partial charge < -0.3 is 5.11 Å². The molecule has 0 radical (unpaired) electrons. The highest BCUT2D eigenvalue weighted by Gasteiger charge is 2.20. The van der Waals surface area contributed by atoms with Crippen molar-refractivity contribution in [2.45, 2.75) is 111 Å². The third-order valence-electron chi connectivity index (χ3n) is 5.06. The van der Waals surface area contributed by atoms with Gasteiger partial charge in [-0.15, -0.1) is 0 Å². The van der Waals surface area contributed by atoms with Crippen molar-refractivity contribution in [2.75, 3.05) is 0 Å². The van der Waals surface area contributed by atoms with Gasteiger partial charge in [0.05, 0.1) is 0 Å². The van der Waals surface area contributed by atoms with Crippen molar-refractivity contribution in [3.05, 3.63) is 11.6 Å². The van der Waals surface area contributed by atoms with Crippen LogP contribution in [0.4, 0.5) is 0 Å². The molecule has 23 heavy (non-hydrogen) atoms. The monoisotopic (exact) mass is 324 g/mol. The Balaban J connectivity index is 3.50. The molecule has 0 aliphatic carbocycles. The van der Waals surface area contributed by atoms with Gasteiger partial charge in [0.15, 0.2) is 0 Å². The van der Waals surface area contributed by atoms with Crippen molar-refractivity contribution in [1.82, 2.24) is 0 Å². The Kier molecular flexibility index (Phi) is 13.2. The lowest BCUT2D eigenvalue weighted by Gasteiger charge is -2.25. The van der Waals surface area contributed by atoms with E-state index >= 15 is 0 Å². The lowest BCUT2D eigenvalue weighted by molar-refractivity contribution is -0.131. The van der Waals surface area contributed by atoms with Crippen LogP contribution in [0.5, 0.6) is 0 Å². The van der Waals surface area contributed by atoms with Crippen LogP contribution >= 0.6 is 0 Å². The maximum atomic E-state index is 10.8. The normalized spacial score (nSPS) is 12.6. The topological polar surface area (TPSA) is 37.3 Å². The molecule has 136 valence electrons. The van der Waals surface area contributed by atoms with Crippen molar-refractivity contribution < 1.29 is 9.90 Å². The van der Waals surface area contributed by atoms with Crippen LogP contribution < -0.4 is 0 Å².